The van der Waals surface area contributed by atoms with Gasteiger partial charge in [-0.25, -0.2) is 28.6 Å². The molecule has 0 aromatic carbocycles. The van der Waals surface area contributed by atoms with E-state index >= 15 is 0 Å². The smallest absolute Gasteiger partial charge is 0.386 e. The van der Waals surface area contributed by atoms with Crippen molar-refractivity contribution in [2.24, 2.45) is 17.3 Å². The summed E-state index contributed by atoms with van der Waals surface area (Å²) in [6.07, 6.45) is 3.91. The zero-order valence-corrected chi connectivity index (χ0v) is 38.5. The second kappa shape index (κ2) is 23.4. The molecule has 2 aliphatic rings. The average Bonchev–Trinajstić information content (AvgIpc) is 3.89. The molecule has 2 amide bonds. The van der Waals surface area contributed by atoms with Crippen molar-refractivity contribution in [3.63, 3.8) is 0 Å². The molecule has 25 nitrogen and oxygen atoms in total. The van der Waals surface area contributed by atoms with Gasteiger partial charge in [0, 0.05) is 43.0 Å². The van der Waals surface area contributed by atoms with E-state index in [4.69, 9.17) is 19.5 Å². The number of Topliss-reactive ketones (excluding diaryl/α,β-unsaturated/α-hetero) is 1. The number of phosphoric ester groups is 3. The summed E-state index contributed by atoms with van der Waals surface area (Å²) in [7, 11) is -16.4. The molecule has 0 radical (unpaired) electrons. The first-order valence-corrected chi connectivity index (χ1v) is 25.3. The molecule has 10 N–H and O–H groups in total. The van der Waals surface area contributed by atoms with Gasteiger partial charge in [-0.1, -0.05) is 50.8 Å². The van der Waals surface area contributed by atoms with Crippen molar-refractivity contribution in [2.45, 2.75) is 89.9 Å². The van der Waals surface area contributed by atoms with Crippen LogP contribution >= 0.6 is 35.2 Å². The molecule has 1 saturated heterocycles. The Kier molecular flexibility index (Phi) is 19.5. The van der Waals surface area contributed by atoms with Crippen molar-refractivity contribution in [2.75, 3.05) is 37.8 Å². The van der Waals surface area contributed by atoms with E-state index in [1.54, 1.807) is 6.08 Å². The molecule has 2 fully saturated rings. The number of hydrogen-bond donors (Lipinski definition) is 9. The first kappa shape index (κ1) is 53.3. The van der Waals surface area contributed by atoms with Crippen LogP contribution in [0.4, 0.5) is 5.82 Å². The topological polar surface area (TPSA) is 381 Å². The molecule has 2 aromatic heterocycles. The Morgan fingerprint density at radius 2 is 1.77 bits per heavy atom. The third kappa shape index (κ3) is 16.0. The third-order valence-corrected chi connectivity index (χ3v) is 13.9. The van der Waals surface area contributed by atoms with Crippen LogP contribution in [0.2, 0.25) is 0 Å². The Hall–Kier alpha value is -3.29. The lowest BCUT2D eigenvalue weighted by molar-refractivity contribution is -0.137. The number of nitrogens with two attached hydrogens (primary N) is 1. The number of aliphatic hydroxyl groups excluding tert-OH is 2. The number of ether oxygens (including phenoxy) is 1. The molecule has 2 aromatic rings. The van der Waals surface area contributed by atoms with E-state index in [-0.39, 0.29) is 65.0 Å². The first-order valence-electron chi connectivity index (χ1n) is 19.8. The van der Waals surface area contributed by atoms with Crippen LogP contribution in [0.1, 0.15) is 65.5 Å². The Labute approximate surface area is 371 Å². The Bertz CT molecular complexity index is 2170. The minimum Gasteiger partial charge on any atom is -0.386 e. The van der Waals surface area contributed by atoms with Crippen LogP contribution in [0.5, 0.6) is 0 Å². The number of fused-ring (bicyclic) bond motifs is 1. The number of thioether (sulfide) groups is 1. The highest BCUT2D eigenvalue weighted by Crippen LogP contribution is 2.61. The van der Waals surface area contributed by atoms with Gasteiger partial charge in [-0.3, -0.25) is 37.3 Å². The highest BCUT2D eigenvalue weighted by molar-refractivity contribution is 8.14. The van der Waals surface area contributed by atoms with Gasteiger partial charge in [0.05, 0.1) is 19.5 Å². The summed E-state index contributed by atoms with van der Waals surface area (Å²) in [4.78, 5) is 101. The number of aliphatic hydroxyl groups is 2. The number of nitrogens with one attached hydrogen (secondary N) is 2. The first-order chi connectivity index (χ1) is 29.9. The molecule has 1 aliphatic heterocycles. The fourth-order valence-corrected chi connectivity index (χ4v) is 10.1. The van der Waals surface area contributed by atoms with Crippen LogP contribution in [0.15, 0.2) is 37.0 Å². The zero-order chi connectivity index (χ0) is 47.5. The molecule has 3 heterocycles. The lowest BCUT2D eigenvalue weighted by Crippen LogP contribution is -2.46. The van der Waals surface area contributed by atoms with Crippen LogP contribution in [-0.2, 0) is 55.5 Å². The number of nitrogens with zero attached hydrogens (tertiary/aromatic N) is 4. The van der Waals surface area contributed by atoms with E-state index in [1.165, 1.54) is 19.9 Å². The fourth-order valence-electron chi connectivity index (χ4n) is 6.66. The van der Waals surface area contributed by atoms with Crippen LogP contribution in [-0.4, -0.2) is 128 Å². The number of rotatable bonds is 25. The van der Waals surface area contributed by atoms with Crippen LogP contribution in [0.25, 0.3) is 11.2 Å². The molecule has 29 heteroatoms. The highest BCUT2D eigenvalue weighted by atomic mass is 32.2. The Balaban J connectivity index is 1.16. The Morgan fingerprint density at radius 1 is 1.05 bits per heavy atom. The Morgan fingerprint density at radius 3 is 2.47 bits per heavy atom. The highest BCUT2D eigenvalue weighted by Gasteiger charge is 2.50. The second-order valence-electron chi connectivity index (χ2n) is 15.4. The number of hydrogen-bond acceptors (Lipinski definition) is 19. The maximum absolute atomic E-state index is 12.7. The summed E-state index contributed by atoms with van der Waals surface area (Å²) in [5.74, 6) is -0.791. The number of anilines is 1. The lowest BCUT2D eigenvalue weighted by atomic mass is 9.87. The fraction of sp³-hybridized carbons (Fsp3) is 0.629. The lowest BCUT2D eigenvalue weighted by Gasteiger charge is -2.30. The van der Waals surface area contributed by atoms with Crippen LogP contribution in [0, 0.1) is 17.3 Å². The SMILES string of the molecule is CC/C=C\C[C@@H]1C(=O)CCC1C/C=C/C(=O)SCCNC(=O)CCNC(=O)[C@H](O)C(C)(C)COP(=O)(O)OP(=O)(O)OC[C@H]1O[C@@H](n2cnc3c(N)ncnc32)C(O)[C@H]1OP(=O)(O)O. The summed E-state index contributed by atoms with van der Waals surface area (Å²) < 4.78 is 62.3. The van der Waals surface area contributed by atoms with Gasteiger partial charge in [-0.2, -0.15) is 4.31 Å². The predicted molar refractivity (Wildman–Crippen MR) is 226 cm³/mol. The molecule has 9 atom stereocenters. The monoisotopic (exact) mass is 985 g/mol. The number of carbonyl (C=O) groups is 4. The van der Waals surface area contributed by atoms with Crippen molar-refractivity contribution < 1.29 is 85.3 Å². The normalized spacial score (nSPS) is 24.3. The molecule has 0 spiro atoms. The van der Waals surface area contributed by atoms with Gasteiger partial charge in [-0.05, 0) is 37.7 Å². The molecule has 358 valence electrons. The standard InChI is InChI=1S/C35H54N7O18P3S/c1-4-5-6-9-22-21(11-12-23(22)43)8-7-10-26(45)64-16-15-37-25(44)13-14-38-33(48)30(47)35(2,3)18-57-63(54,55)60-62(52,53)56-17-24-29(59-61(49,50)51)28(46)34(58-24)42-20-41-27-31(36)39-19-40-32(27)42/h5-7,10,19-22,24,28-30,34,46-47H,4,8-9,11-18H2,1-3H3,(H,37,44)(H,38,48)(H,52,53)(H,54,55)(H2,36,39,40)(H2,49,50,51)/b6-5-,10-7+/t21?,22-,24+,28?,29-,30-,34+/m0/s1. The number of nitrogen functional groups attached to an aromatic ring is 1. The maximum Gasteiger partial charge on any atom is 0.481 e. The zero-order valence-electron chi connectivity index (χ0n) is 35.0. The van der Waals surface area contributed by atoms with Gasteiger partial charge >= 0.3 is 23.5 Å². The van der Waals surface area contributed by atoms with Crippen LogP contribution < -0.4 is 16.4 Å². The maximum atomic E-state index is 12.7. The summed E-state index contributed by atoms with van der Waals surface area (Å²) in [6, 6.07) is 0. The summed E-state index contributed by atoms with van der Waals surface area (Å²) in [5.41, 5.74) is 4.24. The number of ketones is 1. The van der Waals surface area contributed by atoms with Gasteiger partial charge in [0.15, 0.2) is 17.7 Å². The third-order valence-electron chi connectivity index (χ3n) is 9.98. The van der Waals surface area contributed by atoms with E-state index in [9.17, 15) is 62.7 Å². The van der Waals surface area contributed by atoms with E-state index in [0.717, 1.165) is 41.8 Å². The van der Waals surface area contributed by atoms with Gasteiger partial charge in [0.25, 0.3) is 0 Å². The summed E-state index contributed by atoms with van der Waals surface area (Å²) in [5, 5.41) is 26.3. The molecular formula is C35H54N7O18P3S. The van der Waals surface area contributed by atoms with Crippen LogP contribution in [0.3, 0.4) is 0 Å². The molecular weight excluding hydrogens is 931 g/mol. The van der Waals surface area contributed by atoms with Gasteiger partial charge in [-0.15, -0.1) is 0 Å². The van der Waals surface area contributed by atoms with Gasteiger partial charge in [0.1, 0.15) is 42.0 Å². The van der Waals surface area contributed by atoms with E-state index in [0.29, 0.717) is 19.3 Å². The number of allylic oxidation sites excluding steroid dienone is 3. The van der Waals surface area contributed by atoms with Crippen molar-refractivity contribution in [1.29, 1.82) is 0 Å². The molecule has 1 saturated carbocycles. The summed E-state index contributed by atoms with van der Waals surface area (Å²) in [6.45, 7) is 2.42. The largest absolute Gasteiger partial charge is 0.481 e. The van der Waals surface area contributed by atoms with E-state index < -0.39 is 84.6 Å². The number of amides is 2. The minimum absolute atomic E-state index is 0.0258. The number of aromatic nitrogens is 4. The van der Waals surface area contributed by atoms with Gasteiger partial charge < -0.3 is 50.9 Å². The van der Waals surface area contributed by atoms with Crippen molar-refractivity contribution >= 4 is 74.9 Å². The number of carbonyl (C=O) groups excluding carboxylic acids is 4. The minimum atomic E-state index is -5.59. The summed E-state index contributed by atoms with van der Waals surface area (Å²) >= 11 is 1.01. The van der Waals surface area contributed by atoms with Crippen molar-refractivity contribution in [3.05, 3.63) is 37.0 Å². The molecule has 64 heavy (non-hydrogen) atoms. The molecule has 1 aliphatic carbocycles. The quantitative estimate of drug-likeness (QED) is 0.0295. The van der Waals surface area contributed by atoms with E-state index in [1.807, 2.05) is 19.1 Å². The molecule has 4 rings (SSSR count). The predicted octanol–water partition coefficient (Wildman–Crippen LogP) is 1.56. The molecule has 0 bridgehead atoms. The number of imidazole rings is 1. The van der Waals surface area contributed by atoms with Gasteiger partial charge in [0.2, 0.25) is 16.9 Å². The van der Waals surface area contributed by atoms with Crippen molar-refractivity contribution in [1.82, 2.24) is 30.2 Å². The number of phosphoric acid groups is 3. The molecule has 4 unspecified atom stereocenters. The average molecular weight is 986 g/mol. The second-order valence-corrected chi connectivity index (χ2v) is 20.7. The van der Waals surface area contributed by atoms with E-state index in [2.05, 4.69) is 34.4 Å². The van der Waals surface area contributed by atoms with Crippen molar-refractivity contribution in [3.8, 4) is 0 Å².